The Balaban J connectivity index is 1.77. The SMILES string of the molecule is CCc1ccccc1-c1ccc2nc(-n3cc(OC(=O)O)cn3)[nH]c(=O)c2c1. The summed E-state index contributed by atoms with van der Waals surface area (Å²) in [5.41, 5.74) is 3.42. The number of fused-ring (bicyclic) bond motifs is 1. The Morgan fingerprint density at radius 2 is 2.07 bits per heavy atom. The summed E-state index contributed by atoms with van der Waals surface area (Å²) in [4.78, 5) is 30.3. The molecule has 140 valence electrons. The van der Waals surface area contributed by atoms with Crippen molar-refractivity contribution in [2.45, 2.75) is 13.3 Å². The minimum atomic E-state index is -1.44. The van der Waals surface area contributed by atoms with Crippen molar-refractivity contribution in [1.29, 1.82) is 0 Å². The fourth-order valence-electron chi connectivity index (χ4n) is 3.09. The quantitative estimate of drug-likeness (QED) is 0.528. The average molecular weight is 376 g/mol. The third-order valence-corrected chi connectivity index (χ3v) is 4.38. The van der Waals surface area contributed by atoms with Gasteiger partial charge in [0.1, 0.15) is 0 Å². The van der Waals surface area contributed by atoms with Gasteiger partial charge >= 0.3 is 6.16 Å². The topological polar surface area (TPSA) is 110 Å². The monoisotopic (exact) mass is 376 g/mol. The van der Waals surface area contributed by atoms with E-state index >= 15 is 0 Å². The molecule has 0 unspecified atom stereocenters. The fourth-order valence-corrected chi connectivity index (χ4v) is 3.09. The molecular weight excluding hydrogens is 360 g/mol. The maximum Gasteiger partial charge on any atom is 0.511 e. The summed E-state index contributed by atoms with van der Waals surface area (Å²) in [5, 5.41) is 13.1. The number of aromatic amines is 1. The van der Waals surface area contributed by atoms with E-state index in [1.54, 1.807) is 6.07 Å². The molecule has 0 saturated heterocycles. The van der Waals surface area contributed by atoms with E-state index in [1.165, 1.54) is 22.6 Å². The van der Waals surface area contributed by atoms with Gasteiger partial charge in [0.25, 0.3) is 5.56 Å². The van der Waals surface area contributed by atoms with Gasteiger partial charge in [-0.3, -0.25) is 9.78 Å². The van der Waals surface area contributed by atoms with Crippen LogP contribution in [0.15, 0.2) is 59.7 Å². The number of H-pyrrole nitrogens is 1. The Kier molecular flexibility index (Phi) is 4.36. The molecule has 0 amide bonds. The number of carbonyl (C=O) groups is 1. The Labute approximate surface area is 159 Å². The summed E-state index contributed by atoms with van der Waals surface area (Å²) in [6, 6.07) is 13.6. The third kappa shape index (κ3) is 3.23. The van der Waals surface area contributed by atoms with E-state index in [4.69, 9.17) is 5.11 Å². The molecule has 2 N–H and O–H groups in total. The number of benzene rings is 2. The zero-order chi connectivity index (χ0) is 19.7. The Bertz CT molecular complexity index is 1240. The molecule has 4 rings (SSSR count). The van der Waals surface area contributed by atoms with Gasteiger partial charge in [0, 0.05) is 0 Å². The summed E-state index contributed by atoms with van der Waals surface area (Å²) in [6.07, 6.45) is 1.99. The van der Waals surface area contributed by atoms with Crippen LogP contribution >= 0.6 is 0 Å². The molecule has 28 heavy (non-hydrogen) atoms. The van der Waals surface area contributed by atoms with Crippen LogP contribution in [0.2, 0.25) is 0 Å². The second kappa shape index (κ2) is 6.99. The molecule has 0 fully saturated rings. The van der Waals surface area contributed by atoms with Gasteiger partial charge in [0.15, 0.2) is 5.75 Å². The van der Waals surface area contributed by atoms with Crippen molar-refractivity contribution in [1.82, 2.24) is 19.7 Å². The van der Waals surface area contributed by atoms with Crippen LogP contribution in [0.5, 0.6) is 5.75 Å². The van der Waals surface area contributed by atoms with Crippen LogP contribution in [0.1, 0.15) is 12.5 Å². The highest BCUT2D eigenvalue weighted by atomic mass is 16.7. The van der Waals surface area contributed by atoms with Gasteiger partial charge in [-0.2, -0.15) is 5.10 Å². The molecule has 4 aromatic rings. The van der Waals surface area contributed by atoms with E-state index in [0.29, 0.717) is 10.9 Å². The van der Waals surface area contributed by atoms with Crippen LogP contribution in [0, 0.1) is 0 Å². The Morgan fingerprint density at radius 1 is 1.25 bits per heavy atom. The lowest BCUT2D eigenvalue weighted by Crippen LogP contribution is -2.14. The standard InChI is InChI=1S/C20H16N4O4/c1-2-12-5-3-4-6-15(12)13-7-8-17-16(9-13)18(25)23-19(22-17)24-11-14(10-21-24)28-20(26)27/h3-11H,2H2,1H3,(H,26,27)(H,22,23,25). The van der Waals surface area contributed by atoms with E-state index in [9.17, 15) is 9.59 Å². The molecule has 0 radical (unpaired) electrons. The van der Waals surface area contributed by atoms with E-state index in [2.05, 4.69) is 32.8 Å². The number of rotatable bonds is 4. The number of aromatic nitrogens is 4. The largest absolute Gasteiger partial charge is 0.511 e. The lowest BCUT2D eigenvalue weighted by Gasteiger charge is -2.09. The van der Waals surface area contributed by atoms with Gasteiger partial charge in [0.2, 0.25) is 5.95 Å². The summed E-state index contributed by atoms with van der Waals surface area (Å²) >= 11 is 0. The molecule has 0 spiro atoms. The number of hydrogen-bond donors (Lipinski definition) is 2. The highest BCUT2D eigenvalue weighted by Crippen LogP contribution is 2.26. The molecule has 0 bridgehead atoms. The molecule has 0 saturated carbocycles. The number of nitrogens with one attached hydrogen (secondary N) is 1. The van der Waals surface area contributed by atoms with Crippen molar-refractivity contribution in [2.75, 3.05) is 0 Å². The lowest BCUT2D eigenvalue weighted by atomic mass is 9.97. The smallest absolute Gasteiger partial charge is 0.449 e. The average Bonchev–Trinajstić information content (AvgIpc) is 3.15. The fraction of sp³-hybridized carbons (Fsp3) is 0.100. The summed E-state index contributed by atoms with van der Waals surface area (Å²) in [6.45, 7) is 2.09. The number of ether oxygens (including phenoxy) is 1. The van der Waals surface area contributed by atoms with E-state index in [0.717, 1.165) is 17.5 Å². The Hall–Kier alpha value is -3.94. The first kappa shape index (κ1) is 17.5. The second-order valence-electron chi connectivity index (χ2n) is 6.12. The zero-order valence-corrected chi connectivity index (χ0v) is 14.9. The maximum absolute atomic E-state index is 12.6. The molecule has 2 heterocycles. The van der Waals surface area contributed by atoms with Gasteiger partial charge in [-0.1, -0.05) is 37.3 Å². The molecule has 2 aromatic carbocycles. The van der Waals surface area contributed by atoms with Gasteiger partial charge in [-0.15, -0.1) is 0 Å². The van der Waals surface area contributed by atoms with Crippen LogP contribution in [0.4, 0.5) is 4.79 Å². The molecule has 0 aliphatic heterocycles. The first-order valence-electron chi connectivity index (χ1n) is 8.63. The van der Waals surface area contributed by atoms with E-state index in [1.807, 2.05) is 30.3 Å². The number of aryl methyl sites for hydroxylation is 1. The highest BCUT2D eigenvalue weighted by molar-refractivity contribution is 5.84. The molecule has 0 atom stereocenters. The van der Waals surface area contributed by atoms with Crippen molar-refractivity contribution in [3.05, 3.63) is 70.8 Å². The van der Waals surface area contributed by atoms with Crippen LogP contribution < -0.4 is 10.3 Å². The third-order valence-electron chi connectivity index (χ3n) is 4.38. The predicted molar refractivity (Wildman–Crippen MR) is 103 cm³/mol. The molecule has 8 nitrogen and oxygen atoms in total. The molecule has 0 aliphatic carbocycles. The van der Waals surface area contributed by atoms with Crippen LogP contribution in [-0.2, 0) is 6.42 Å². The maximum atomic E-state index is 12.6. The van der Waals surface area contributed by atoms with Crippen LogP contribution in [-0.4, -0.2) is 31.0 Å². The van der Waals surface area contributed by atoms with Gasteiger partial charge in [-0.25, -0.2) is 14.5 Å². The first-order valence-corrected chi connectivity index (χ1v) is 8.63. The van der Waals surface area contributed by atoms with Gasteiger partial charge in [-0.05, 0) is 35.2 Å². The molecular formula is C20H16N4O4. The van der Waals surface area contributed by atoms with Gasteiger partial charge in [0.05, 0.1) is 23.3 Å². The van der Waals surface area contributed by atoms with Crippen molar-refractivity contribution in [3.63, 3.8) is 0 Å². The van der Waals surface area contributed by atoms with Crippen molar-refractivity contribution in [3.8, 4) is 22.8 Å². The highest BCUT2D eigenvalue weighted by Gasteiger charge is 2.11. The second-order valence-corrected chi connectivity index (χ2v) is 6.12. The first-order chi connectivity index (χ1) is 13.5. The van der Waals surface area contributed by atoms with Crippen molar-refractivity contribution >= 4 is 17.1 Å². The van der Waals surface area contributed by atoms with E-state index < -0.39 is 6.16 Å². The predicted octanol–water partition coefficient (Wildman–Crippen LogP) is 3.40. The van der Waals surface area contributed by atoms with Crippen LogP contribution in [0.3, 0.4) is 0 Å². The normalized spacial score (nSPS) is 10.9. The molecule has 8 heteroatoms. The summed E-state index contributed by atoms with van der Waals surface area (Å²) in [7, 11) is 0. The number of nitrogens with zero attached hydrogens (tertiary/aromatic N) is 3. The minimum Gasteiger partial charge on any atom is -0.449 e. The lowest BCUT2D eigenvalue weighted by molar-refractivity contribution is 0.144. The number of hydrogen-bond acceptors (Lipinski definition) is 5. The molecule has 2 aromatic heterocycles. The summed E-state index contributed by atoms with van der Waals surface area (Å²) in [5.74, 6) is 0.196. The van der Waals surface area contributed by atoms with Crippen LogP contribution in [0.25, 0.3) is 28.0 Å². The van der Waals surface area contributed by atoms with Gasteiger partial charge < -0.3 is 9.84 Å². The molecule has 0 aliphatic rings. The number of carboxylic acid groups (broad SMARTS) is 1. The van der Waals surface area contributed by atoms with E-state index in [-0.39, 0.29) is 17.3 Å². The van der Waals surface area contributed by atoms with Crippen molar-refractivity contribution < 1.29 is 14.6 Å². The zero-order valence-electron chi connectivity index (χ0n) is 14.9. The summed E-state index contributed by atoms with van der Waals surface area (Å²) < 4.78 is 5.78. The van der Waals surface area contributed by atoms with Crippen molar-refractivity contribution in [2.24, 2.45) is 0 Å². The Morgan fingerprint density at radius 3 is 2.86 bits per heavy atom. The minimum absolute atomic E-state index is 0.0294.